The predicted molar refractivity (Wildman–Crippen MR) is 96.6 cm³/mol. The van der Waals surface area contributed by atoms with E-state index in [9.17, 15) is 19.2 Å². The quantitative estimate of drug-likeness (QED) is 0.667. The van der Waals surface area contributed by atoms with Gasteiger partial charge in [0.2, 0.25) is 0 Å². The summed E-state index contributed by atoms with van der Waals surface area (Å²) in [5, 5.41) is 0. The van der Waals surface area contributed by atoms with Crippen molar-refractivity contribution < 1.29 is 9.59 Å². The Morgan fingerprint density at radius 3 is 2.41 bits per heavy atom. The molecule has 10 nitrogen and oxygen atoms in total. The Kier molecular flexibility index (Phi) is 4.50. The average Bonchev–Trinajstić information content (AvgIpc) is 2.96. The molecule has 0 atom stereocenters. The molecule has 0 aliphatic carbocycles. The monoisotopic (exact) mass is 374 g/mol. The van der Waals surface area contributed by atoms with Crippen LogP contribution in [0.4, 0.5) is 0 Å². The van der Waals surface area contributed by atoms with Crippen molar-refractivity contribution in [3.05, 3.63) is 49.8 Å². The molecule has 2 aromatic heterocycles. The molecule has 27 heavy (non-hydrogen) atoms. The van der Waals surface area contributed by atoms with Gasteiger partial charge in [0.15, 0.2) is 0 Å². The molecule has 0 bridgehead atoms. The van der Waals surface area contributed by atoms with Gasteiger partial charge >= 0.3 is 5.69 Å². The van der Waals surface area contributed by atoms with Crippen molar-refractivity contribution in [1.29, 1.82) is 0 Å². The van der Waals surface area contributed by atoms with Crippen LogP contribution in [0.1, 0.15) is 32.5 Å². The maximum Gasteiger partial charge on any atom is 0.331 e. The van der Waals surface area contributed by atoms with E-state index < -0.39 is 17.2 Å². The largest absolute Gasteiger partial charge is 0.343 e. The van der Waals surface area contributed by atoms with Crippen LogP contribution < -0.4 is 11.2 Å². The van der Waals surface area contributed by atoms with Gasteiger partial charge in [0.05, 0.1) is 12.2 Å². The van der Waals surface area contributed by atoms with Crippen LogP contribution in [-0.4, -0.2) is 60.9 Å². The van der Waals surface area contributed by atoms with Gasteiger partial charge in [-0.3, -0.25) is 23.5 Å². The second-order valence-electron chi connectivity index (χ2n) is 6.81. The first-order valence-electron chi connectivity index (χ1n) is 8.47. The number of carbonyl (C=O) groups excluding carboxylic acids is 2. The maximum atomic E-state index is 12.9. The number of aromatic nitrogens is 4. The van der Waals surface area contributed by atoms with Gasteiger partial charge in [-0.25, -0.2) is 9.78 Å². The van der Waals surface area contributed by atoms with E-state index in [1.807, 2.05) is 4.57 Å². The Morgan fingerprint density at radius 1 is 1.11 bits per heavy atom. The fourth-order valence-corrected chi connectivity index (χ4v) is 3.22. The summed E-state index contributed by atoms with van der Waals surface area (Å²) in [4.78, 5) is 56.7. The lowest BCUT2D eigenvalue weighted by Gasteiger charge is -2.29. The number of hydrogen-bond donors (Lipinski definition) is 0. The molecule has 3 rings (SSSR count). The standard InChI is InChI=1S/C17H22N6O4/c1-10-14(16(26)19(2)3)23-7-6-22(9-12(23)18-10)15(25)11-8-13(24)21(5)17(27)20(11)4/h8H,6-7,9H2,1-5H3. The Morgan fingerprint density at radius 2 is 1.78 bits per heavy atom. The zero-order valence-corrected chi connectivity index (χ0v) is 16.0. The molecule has 0 N–H and O–H groups in total. The number of nitrogens with zero attached hydrogens (tertiary/aromatic N) is 6. The molecule has 2 amide bonds. The first-order chi connectivity index (χ1) is 12.6. The van der Waals surface area contributed by atoms with Crippen molar-refractivity contribution in [3.8, 4) is 0 Å². The molecule has 10 heteroatoms. The van der Waals surface area contributed by atoms with Crippen molar-refractivity contribution in [2.75, 3.05) is 20.6 Å². The zero-order chi connectivity index (χ0) is 20.0. The third-order valence-corrected chi connectivity index (χ3v) is 4.79. The second kappa shape index (κ2) is 6.53. The third-order valence-electron chi connectivity index (χ3n) is 4.79. The van der Waals surface area contributed by atoms with E-state index in [1.54, 1.807) is 21.0 Å². The van der Waals surface area contributed by atoms with Crippen molar-refractivity contribution in [2.24, 2.45) is 14.1 Å². The van der Waals surface area contributed by atoms with E-state index >= 15 is 0 Å². The predicted octanol–water partition coefficient (Wildman–Crippen LogP) is -1.05. The fourth-order valence-electron chi connectivity index (χ4n) is 3.22. The molecule has 1 aliphatic heterocycles. The minimum Gasteiger partial charge on any atom is -0.343 e. The van der Waals surface area contributed by atoms with Gasteiger partial charge in [0.25, 0.3) is 17.4 Å². The average molecular weight is 374 g/mol. The normalized spacial score (nSPS) is 13.4. The summed E-state index contributed by atoms with van der Waals surface area (Å²) in [6, 6.07) is 1.16. The van der Waals surface area contributed by atoms with Gasteiger partial charge in [-0.15, -0.1) is 0 Å². The molecule has 0 spiro atoms. The van der Waals surface area contributed by atoms with Crippen LogP contribution >= 0.6 is 0 Å². The summed E-state index contributed by atoms with van der Waals surface area (Å²) >= 11 is 0. The molecule has 2 aromatic rings. The van der Waals surface area contributed by atoms with Crippen LogP contribution in [0.2, 0.25) is 0 Å². The van der Waals surface area contributed by atoms with E-state index in [0.29, 0.717) is 30.3 Å². The summed E-state index contributed by atoms with van der Waals surface area (Å²) in [7, 11) is 6.17. The first-order valence-corrected chi connectivity index (χ1v) is 8.47. The van der Waals surface area contributed by atoms with E-state index in [1.165, 1.54) is 23.9 Å². The van der Waals surface area contributed by atoms with Crippen LogP contribution in [0.5, 0.6) is 0 Å². The molecule has 1 aliphatic rings. The van der Waals surface area contributed by atoms with Crippen molar-refractivity contribution in [2.45, 2.75) is 20.0 Å². The molecule has 3 heterocycles. The highest BCUT2D eigenvalue weighted by Crippen LogP contribution is 2.20. The molecular formula is C17H22N6O4. The van der Waals surface area contributed by atoms with Crippen LogP contribution in [0.25, 0.3) is 0 Å². The van der Waals surface area contributed by atoms with Gasteiger partial charge in [-0.05, 0) is 6.92 Å². The molecule has 0 saturated heterocycles. The van der Waals surface area contributed by atoms with Gasteiger partial charge in [-0.2, -0.15) is 0 Å². The van der Waals surface area contributed by atoms with Crippen molar-refractivity contribution in [3.63, 3.8) is 0 Å². The highest BCUT2D eigenvalue weighted by molar-refractivity contribution is 5.94. The maximum absolute atomic E-state index is 12.9. The SMILES string of the molecule is Cc1nc2n(c1C(=O)N(C)C)CCN(C(=O)c1cc(=O)n(C)c(=O)n1C)C2. The molecule has 0 radical (unpaired) electrons. The van der Waals surface area contributed by atoms with Crippen LogP contribution in [0.3, 0.4) is 0 Å². The van der Waals surface area contributed by atoms with Gasteiger partial charge in [0, 0.05) is 47.3 Å². The molecule has 144 valence electrons. The smallest absolute Gasteiger partial charge is 0.331 e. The third kappa shape index (κ3) is 2.96. The number of fused-ring (bicyclic) bond motifs is 1. The Bertz CT molecular complexity index is 1060. The summed E-state index contributed by atoms with van der Waals surface area (Å²) in [5.41, 5.74) is 0.0696. The zero-order valence-electron chi connectivity index (χ0n) is 16.0. The highest BCUT2D eigenvalue weighted by Gasteiger charge is 2.29. The van der Waals surface area contributed by atoms with E-state index in [-0.39, 0.29) is 18.1 Å². The first kappa shape index (κ1) is 18.6. The van der Waals surface area contributed by atoms with Gasteiger partial charge in [0.1, 0.15) is 17.2 Å². The van der Waals surface area contributed by atoms with Crippen molar-refractivity contribution >= 4 is 11.8 Å². The minimum atomic E-state index is -0.556. The Hall–Kier alpha value is -3.17. The van der Waals surface area contributed by atoms with Crippen LogP contribution in [-0.2, 0) is 27.2 Å². The number of aryl methyl sites for hydroxylation is 1. The summed E-state index contributed by atoms with van der Waals surface area (Å²) in [5.74, 6) is 0.0470. The molecule has 0 fully saturated rings. The summed E-state index contributed by atoms with van der Waals surface area (Å²) < 4.78 is 3.93. The minimum absolute atomic E-state index is 0.0319. The number of hydrogen-bond acceptors (Lipinski definition) is 5. The van der Waals surface area contributed by atoms with Crippen molar-refractivity contribution in [1.82, 2.24) is 28.5 Å². The van der Waals surface area contributed by atoms with Crippen LogP contribution in [0.15, 0.2) is 15.7 Å². The van der Waals surface area contributed by atoms with Gasteiger partial charge in [-0.1, -0.05) is 0 Å². The number of carbonyl (C=O) groups is 2. The molecular weight excluding hydrogens is 352 g/mol. The summed E-state index contributed by atoms with van der Waals surface area (Å²) in [6.45, 7) is 2.72. The van der Waals surface area contributed by atoms with E-state index in [4.69, 9.17) is 0 Å². The fraction of sp³-hybridized carbons (Fsp3) is 0.471. The number of imidazole rings is 1. The number of amides is 2. The molecule has 0 aromatic carbocycles. The highest BCUT2D eigenvalue weighted by atomic mass is 16.2. The van der Waals surface area contributed by atoms with E-state index in [2.05, 4.69) is 4.98 Å². The van der Waals surface area contributed by atoms with Gasteiger partial charge < -0.3 is 14.4 Å². The molecule has 0 unspecified atom stereocenters. The lowest BCUT2D eigenvalue weighted by Crippen LogP contribution is -2.44. The summed E-state index contributed by atoms with van der Waals surface area (Å²) in [6.07, 6.45) is 0. The lowest BCUT2D eigenvalue weighted by molar-refractivity contribution is 0.0691. The Balaban J connectivity index is 1.95. The van der Waals surface area contributed by atoms with E-state index in [0.717, 1.165) is 15.2 Å². The lowest BCUT2D eigenvalue weighted by atomic mass is 10.2. The topological polar surface area (TPSA) is 102 Å². The van der Waals surface area contributed by atoms with Crippen LogP contribution in [0, 0.1) is 6.92 Å². The molecule has 0 saturated carbocycles. The second-order valence-corrected chi connectivity index (χ2v) is 6.81. The number of rotatable bonds is 2. The Labute approximate surface area is 155 Å².